The smallest absolute Gasteiger partial charge is 0.191 e. The topological polar surface area (TPSA) is 64.1 Å². The zero-order valence-corrected chi connectivity index (χ0v) is 19.9. The van der Waals surface area contributed by atoms with E-state index in [0.717, 1.165) is 43.9 Å². The number of aliphatic imine (C=N–C) groups is 1. The maximum absolute atomic E-state index is 13.8. The van der Waals surface area contributed by atoms with Crippen LogP contribution in [0.25, 0.3) is 0 Å². The predicted octanol–water partition coefficient (Wildman–Crippen LogP) is 3.10. The second-order valence-electron chi connectivity index (χ2n) is 6.98. The second kappa shape index (κ2) is 14.9. The first-order valence-corrected chi connectivity index (χ1v) is 10.1. The molecule has 6 nitrogen and oxygen atoms in total. The molecule has 0 amide bonds. The summed E-state index contributed by atoms with van der Waals surface area (Å²) in [5.41, 5.74) is 0.813. The molecular weight excluding hydrogens is 488 g/mol. The van der Waals surface area contributed by atoms with Crippen molar-refractivity contribution in [1.29, 1.82) is 0 Å². The summed E-state index contributed by atoms with van der Waals surface area (Å²) < 4.78 is 29.8. The molecule has 0 unspecified atom stereocenters. The molecule has 1 heterocycles. The van der Waals surface area contributed by atoms with Gasteiger partial charge in [0, 0.05) is 45.4 Å². The third-order valence-electron chi connectivity index (χ3n) is 4.96. The molecule has 1 aromatic carbocycles. The van der Waals surface area contributed by atoms with E-state index in [1.54, 1.807) is 19.2 Å². The van der Waals surface area contributed by atoms with Crippen LogP contribution in [0.1, 0.15) is 31.7 Å². The quantitative estimate of drug-likeness (QED) is 0.202. The molecule has 0 aromatic heterocycles. The van der Waals surface area contributed by atoms with Gasteiger partial charge in [-0.05, 0) is 43.9 Å². The highest BCUT2D eigenvalue weighted by Gasteiger charge is 2.34. The average molecular weight is 523 g/mol. The van der Waals surface area contributed by atoms with Crippen molar-refractivity contribution >= 4 is 29.9 Å². The van der Waals surface area contributed by atoms with Crippen LogP contribution < -0.4 is 10.6 Å². The number of hydrogen-bond acceptors (Lipinski definition) is 4. The summed E-state index contributed by atoms with van der Waals surface area (Å²) in [7, 11) is 1.67. The van der Waals surface area contributed by atoms with Crippen LogP contribution in [-0.2, 0) is 19.6 Å². The largest absolute Gasteiger partial charge is 0.382 e. The first-order valence-electron chi connectivity index (χ1n) is 10.1. The third-order valence-corrected chi connectivity index (χ3v) is 4.96. The van der Waals surface area contributed by atoms with Crippen LogP contribution in [0.3, 0.4) is 0 Å². The number of methoxy groups -OCH3 is 1. The van der Waals surface area contributed by atoms with Crippen molar-refractivity contribution in [2.24, 2.45) is 4.99 Å². The first-order chi connectivity index (χ1) is 13.7. The summed E-state index contributed by atoms with van der Waals surface area (Å²) in [4.78, 5) is 4.82. The van der Waals surface area contributed by atoms with Crippen LogP contribution in [-0.4, -0.2) is 65.7 Å². The zero-order chi connectivity index (χ0) is 20.1. The number of nitrogens with zero attached hydrogens (tertiary/aromatic N) is 1. The van der Waals surface area contributed by atoms with Gasteiger partial charge in [-0.25, -0.2) is 4.39 Å². The van der Waals surface area contributed by atoms with Crippen molar-refractivity contribution in [1.82, 2.24) is 10.6 Å². The molecule has 1 aliphatic heterocycles. The number of rotatable bonds is 11. The SMILES string of the molecule is CCNC(=NCC1(c2cccc(F)c2)CCOCC1)NCCCOCCOC.I. The Kier molecular flexibility index (Phi) is 13.4. The van der Waals surface area contributed by atoms with Gasteiger partial charge in [0.05, 0.1) is 19.8 Å². The fourth-order valence-corrected chi connectivity index (χ4v) is 3.32. The van der Waals surface area contributed by atoms with Crippen molar-refractivity contribution in [3.8, 4) is 0 Å². The number of ether oxygens (including phenoxy) is 3. The number of guanidine groups is 1. The van der Waals surface area contributed by atoms with Crippen molar-refractivity contribution in [2.75, 3.05) is 59.8 Å². The minimum absolute atomic E-state index is 0. The van der Waals surface area contributed by atoms with E-state index in [2.05, 4.69) is 10.6 Å². The number of halogens is 2. The Morgan fingerprint density at radius 3 is 2.69 bits per heavy atom. The molecule has 166 valence electrons. The van der Waals surface area contributed by atoms with E-state index in [9.17, 15) is 4.39 Å². The fraction of sp³-hybridized carbons (Fsp3) is 0.667. The summed E-state index contributed by atoms with van der Waals surface area (Å²) in [6, 6.07) is 6.90. The Balaban J connectivity index is 0.00000420. The van der Waals surface area contributed by atoms with Crippen LogP contribution in [0.15, 0.2) is 29.3 Å². The van der Waals surface area contributed by atoms with Gasteiger partial charge < -0.3 is 24.8 Å². The Bertz CT molecular complexity index is 598. The number of benzene rings is 1. The molecule has 1 fully saturated rings. The Morgan fingerprint density at radius 1 is 1.21 bits per heavy atom. The van der Waals surface area contributed by atoms with Gasteiger partial charge in [-0.15, -0.1) is 24.0 Å². The van der Waals surface area contributed by atoms with Crippen molar-refractivity contribution in [3.05, 3.63) is 35.6 Å². The fourth-order valence-electron chi connectivity index (χ4n) is 3.32. The molecule has 29 heavy (non-hydrogen) atoms. The Hall–Kier alpha value is -0.970. The van der Waals surface area contributed by atoms with Crippen molar-refractivity contribution in [3.63, 3.8) is 0 Å². The summed E-state index contributed by atoms with van der Waals surface area (Å²) in [5, 5.41) is 6.64. The van der Waals surface area contributed by atoms with Gasteiger partial charge in [0.25, 0.3) is 0 Å². The van der Waals surface area contributed by atoms with E-state index in [-0.39, 0.29) is 35.2 Å². The van der Waals surface area contributed by atoms with Crippen LogP contribution in [0, 0.1) is 5.82 Å². The Morgan fingerprint density at radius 2 is 2.00 bits per heavy atom. The van der Waals surface area contributed by atoms with Crippen LogP contribution in [0.4, 0.5) is 4.39 Å². The lowest BCUT2D eigenvalue weighted by atomic mass is 9.74. The van der Waals surface area contributed by atoms with E-state index in [1.807, 2.05) is 13.0 Å². The molecule has 0 radical (unpaired) electrons. The van der Waals surface area contributed by atoms with E-state index < -0.39 is 0 Å². The molecule has 2 N–H and O–H groups in total. The van der Waals surface area contributed by atoms with Gasteiger partial charge in [-0.2, -0.15) is 0 Å². The van der Waals surface area contributed by atoms with Crippen LogP contribution >= 0.6 is 24.0 Å². The molecule has 0 atom stereocenters. The summed E-state index contributed by atoms with van der Waals surface area (Å²) >= 11 is 0. The standard InChI is InChI=1S/C21H34FN3O3.HI/c1-3-23-20(24-10-5-11-27-15-14-26-2)25-17-21(8-12-28-13-9-21)18-6-4-7-19(22)16-18;/h4,6-7,16H,3,5,8-15,17H2,1-2H3,(H2,23,24,25);1H. The van der Waals surface area contributed by atoms with Gasteiger partial charge in [-0.1, -0.05) is 12.1 Å². The number of nitrogens with one attached hydrogen (secondary N) is 2. The molecule has 1 saturated heterocycles. The molecule has 2 rings (SSSR count). The number of hydrogen-bond donors (Lipinski definition) is 2. The summed E-state index contributed by atoms with van der Waals surface area (Å²) in [6.45, 7) is 7.46. The van der Waals surface area contributed by atoms with Crippen molar-refractivity contribution < 1.29 is 18.6 Å². The minimum atomic E-state index is -0.203. The van der Waals surface area contributed by atoms with Gasteiger partial charge in [0.1, 0.15) is 5.82 Å². The normalized spacial score (nSPS) is 16.2. The van der Waals surface area contributed by atoms with Crippen LogP contribution in [0.5, 0.6) is 0 Å². The van der Waals surface area contributed by atoms with E-state index in [0.29, 0.717) is 39.6 Å². The maximum atomic E-state index is 13.8. The molecule has 8 heteroatoms. The lowest BCUT2D eigenvalue weighted by molar-refractivity contribution is 0.0530. The highest BCUT2D eigenvalue weighted by Crippen LogP contribution is 2.35. The molecule has 0 aliphatic carbocycles. The molecule has 0 bridgehead atoms. The second-order valence-corrected chi connectivity index (χ2v) is 6.98. The minimum Gasteiger partial charge on any atom is -0.382 e. The summed E-state index contributed by atoms with van der Waals surface area (Å²) in [5.74, 6) is 0.576. The van der Waals surface area contributed by atoms with Gasteiger partial charge in [0.2, 0.25) is 0 Å². The monoisotopic (exact) mass is 523 g/mol. The molecule has 0 spiro atoms. The highest BCUT2D eigenvalue weighted by molar-refractivity contribution is 14.0. The molecule has 1 aromatic rings. The lowest BCUT2D eigenvalue weighted by Gasteiger charge is -2.36. The van der Waals surface area contributed by atoms with Gasteiger partial charge >= 0.3 is 0 Å². The van der Waals surface area contributed by atoms with E-state index in [4.69, 9.17) is 19.2 Å². The van der Waals surface area contributed by atoms with Crippen molar-refractivity contribution in [2.45, 2.75) is 31.6 Å². The highest BCUT2D eigenvalue weighted by atomic mass is 127. The molecule has 1 aliphatic rings. The molecular formula is C21H35FIN3O3. The predicted molar refractivity (Wildman–Crippen MR) is 125 cm³/mol. The lowest BCUT2D eigenvalue weighted by Crippen LogP contribution is -2.41. The van der Waals surface area contributed by atoms with Gasteiger partial charge in [-0.3, -0.25) is 4.99 Å². The zero-order valence-electron chi connectivity index (χ0n) is 17.5. The third kappa shape index (κ3) is 9.15. The first kappa shape index (κ1) is 26.1. The molecule has 0 saturated carbocycles. The Labute approximate surface area is 191 Å². The summed E-state index contributed by atoms with van der Waals surface area (Å²) in [6.07, 6.45) is 2.57. The maximum Gasteiger partial charge on any atom is 0.191 e. The van der Waals surface area contributed by atoms with E-state index >= 15 is 0 Å². The average Bonchev–Trinajstić information content (AvgIpc) is 2.72. The van der Waals surface area contributed by atoms with E-state index in [1.165, 1.54) is 6.07 Å². The van der Waals surface area contributed by atoms with Gasteiger partial charge in [0.15, 0.2) is 5.96 Å². The van der Waals surface area contributed by atoms with Crippen LogP contribution in [0.2, 0.25) is 0 Å².